The third-order valence-corrected chi connectivity index (χ3v) is 3.89. The molecule has 1 aromatic carbocycles. The van der Waals surface area contributed by atoms with Crippen molar-refractivity contribution in [2.45, 2.75) is 52.3 Å². The van der Waals surface area contributed by atoms with Crippen LogP contribution < -0.4 is 10.1 Å². The predicted octanol–water partition coefficient (Wildman–Crippen LogP) is 2.94. The zero-order chi connectivity index (χ0) is 16.2. The van der Waals surface area contributed by atoms with Crippen LogP contribution in [0.3, 0.4) is 0 Å². The van der Waals surface area contributed by atoms with Crippen molar-refractivity contribution in [3.63, 3.8) is 0 Å². The number of amides is 1. The number of imidazole rings is 1. The van der Waals surface area contributed by atoms with E-state index < -0.39 is 0 Å². The minimum absolute atomic E-state index is 0.116. The van der Waals surface area contributed by atoms with Gasteiger partial charge in [-0.1, -0.05) is 12.1 Å². The predicted molar refractivity (Wildman–Crippen MR) is 88.5 cm³/mol. The van der Waals surface area contributed by atoms with Crippen LogP contribution in [-0.4, -0.2) is 21.6 Å². The van der Waals surface area contributed by atoms with Gasteiger partial charge in [0, 0.05) is 25.7 Å². The number of carbonyl (C=O) groups excluding carboxylic acids is 1. The van der Waals surface area contributed by atoms with Crippen molar-refractivity contribution in [1.29, 1.82) is 0 Å². The van der Waals surface area contributed by atoms with Gasteiger partial charge < -0.3 is 14.6 Å². The fraction of sp³-hybridized carbons (Fsp3) is 0.444. The summed E-state index contributed by atoms with van der Waals surface area (Å²) in [4.78, 5) is 16.7. The molecule has 1 aromatic heterocycles. The van der Waals surface area contributed by atoms with Crippen LogP contribution in [0.4, 0.5) is 0 Å². The van der Waals surface area contributed by atoms with E-state index in [0.29, 0.717) is 12.2 Å². The lowest BCUT2D eigenvalue weighted by Gasteiger charge is -2.11. The van der Waals surface area contributed by atoms with Crippen LogP contribution in [-0.2, 0) is 19.5 Å². The number of nitrogens with zero attached hydrogens (tertiary/aromatic N) is 2. The molecule has 0 spiro atoms. The first-order valence-electron chi connectivity index (χ1n) is 8.21. The van der Waals surface area contributed by atoms with Crippen molar-refractivity contribution in [2.24, 2.45) is 0 Å². The Morgan fingerprint density at radius 3 is 2.78 bits per heavy atom. The van der Waals surface area contributed by atoms with Crippen molar-refractivity contribution in [3.8, 4) is 5.75 Å². The third-order valence-electron chi connectivity index (χ3n) is 3.89. The highest BCUT2D eigenvalue weighted by Crippen LogP contribution is 2.15. The van der Waals surface area contributed by atoms with Crippen molar-refractivity contribution < 1.29 is 9.53 Å². The highest BCUT2D eigenvalue weighted by Gasteiger charge is 2.16. The number of rotatable bonds is 5. The highest BCUT2D eigenvalue weighted by molar-refractivity contribution is 5.92. The Morgan fingerprint density at radius 1 is 1.30 bits per heavy atom. The molecule has 0 unspecified atom stereocenters. The van der Waals surface area contributed by atoms with Gasteiger partial charge in [-0.25, -0.2) is 4.98 Å². The molecule has 3 rings (SSSR count). The van der Waals surface area contributed by atoms with Crippen LogP contribution >= 0.6 is 0 Å². The fourth-order valence-corrected chi connectivity index (χ4v) is 2.75. The van der Waals surface area contributed by atoms with Gasteiger partial charge in [0.25, 0.3) is 5.91 Å². The van der Waals surface area contributed by atoms with Crippen LogP contribution in [0.25, 0.3) is 0 Å². The molecular formula is C18H23N3O2. The number of fused-ring (bicyclic) bond motifs is 1. The van der Waals surface area contributed by atoms with E-state index in [4.69, 9.17) is 4.74 Å². The molecule has 0 fully saturated rings. The number of ether oxygens (including phenoxy) is 1. The van der Waals surface area contributed by atoms with Crippen LogP contribution in [0.2, 0.25) is 0 Å². The average molecular weight is 313 g/mol. The first-order chi connectivity index (χ1) is 11.1. The summed E-state index contributed by atoms with van der Waals surface area (Å²) in [6, 6.07) is 7.79. The van der Waals surface area contributed by atoms with Crippen LogP contribution in [0.15, 0.2) is 30.5 Å². The third kappa shape index (κ3) is 3.92. The van der Waals surface area contributed by atoms with E-state index in [1.54, 1.807) is 0 Å². The number of aryl methyl sites for hydroxylation is 2. The second-order valence-electron chi connectivity index (χ2n) is 6.19. The molecule has 23 heavy (non-hydrogen) atoms. The average Bonchev–Trinajstić information content (AvgIpc) is 2.97. The molecule has 0 radical (unpaired) electrons. The Bertz CT molecular complexity index is 651. The number of benzene rings is 1. The lowest BCUT2D eigenvalue weighted by Crippen LogP contribution is -2.23. The van der Waals surface area contributed by atoms with Crippen molar-refractivity contribution >= 4 is 5.91 Å². The summed E-state index contributed by atoms with van der Waals surface area (Å²) >= 11 is 0. The zero-order valence-corrected chi connectivity index (χ0v) is 13.7. The van der Waals surface area contributed by atoms with Gasteiger partial charge in [-0.15, -0.1) is 0 Å². The summed E-state index contributed by atoms with van der Waals surface area (Å²) in [6.07, 6.45) is 5.30. The number of aromatic nitrogens is 2. The Morgan fingerprint density at radius 2 is 2.09 bits per heavy atom. The molecule has 0 bridgehead atoms. The van der Waals surface area contributed by atoms with E-state index in [1.807, 2.05) is 44.3 Å². The molecule has 0 aliphatic carbocycles. The second kappa shape index (κ2) is 6.86. The normalized spacial score (nSPS) is 13.7. The van der Waals surface area contributed by atoms with Crippen molar-refractivity contribution in [1.82, 2.24) is 14.9 Å². The molecule has 0 saturated carbocycles. The monoisotopic (exact) mass is 313 g/mol. The van der Waals surface area contributed by atoms with E-state index in [2.05, 4.69) is 14.9 Å². The molecule has 5 nitrogen and oxygen atoms in total. The molecule has 2 aromatic rings. The Labute approximate surface area is 136 Å². The maximum absolute atomic E-state index is 12.2. The second-order valence-corrected chi connectivity index (χ2v) is 6.19. The van der Waals surface area contributed by atoms with Crippen molar-refractivity contribution in [2.75, 3.05) is 0 Å². The maximum Gasteiger partial charge on any atom is 0.271 e. The topological polar surface area (TPSA) is 56.1 Å². The molecule has 1 aliphatic heterocycles. The zero-order valence-electron chi connectivity index (χ0n) is 13.7. The standard InChI is InChI=1S/C18H23N3O2/c1-13(2)23-15-8-6-14(7-9-15)11-19-18(22)16-12-21-10-4-3-5-17(21)20-16/h6-9,12-13H,3-5,10-11H2,1-2H3,(H,19,22). The number of carbonyl (C=O) groups is 1. The Kier molecular flexibility index (Phi) is 4.65. The first-order valence-corrected chi connectivity index (χ1v) is 8.21. The smallest absolute Gasteiger partial charge is 0.271 e. The first kappa shape index (κ1) is 15.6. The lowest BCUT2D eigenvalue weighted by atomic mass is 10.2. The maximum atomic E-state index is 12.2. The van der Waals surface area contributed by atoms with Gasteiger partial charge >= 0.3 is 0 Å². The summed E-state index contributed by atoms with van der Waals surface area (Å²) in [5.74, 6) is 1.75. The van der Waals surface area contributed by atoms with E-state index in [9.17, 15) is 4.79 Å². The number of hydrogen-bond acceptors (Lipinski definition) is 3. The van der Waals surface area contributed by atoms with E-state index in [-0.39, 0.29) is 12.0 Å². The van der Waals surface area contributed by atoms with Gasteiger partial charge in [0.2, 0.25) is 0 Å². The van der Waals surface area contributed by atoms with Gasteiger partial charge in [-0.05, 0) is 44.4 Å². The fourth-order valence-electron chi connectivity index (χ4n) is 2.75. The molecule has 122 valence electrons. The molecule has 1 aliphatic rings. The van der Waals surface area contributed by atoms with Gasteiger partial charge in [0.15, 0.2) is 0 Å². The van der Waals surface area contributed by atoms with Gasteiger partial charge in [-0.2, -0.15) is 0 Å². The summed E-state index contributed by atoms with van der Waals surface area (Å²) in [5.41, 5.74) is 1.56. The highest BCUT2D eigenvalue weighted by atomic mass is 16.5. The Balaban J connectivity index is 1.57. The quantitative estimate of drug-likeness (QED) is 0.923. The summed E-state index contributed by atoms with van der Waals surface area (Å²) in [7, 11) is 0. The van der Waals surface area contributed by atoms with Crippen LogP contribution in [0, 0.1) is 0 Å². The Hall–Kier alpha value is -2.30. The summed E-state index contributed by atoms with van der Waals surface area (Å²) in [5, 5.41) is 2.93. The van der Waals surface area contributed by atoms with Gasteiger partial charge in [-0.3, -0.25) is 4.79 Å². The largest absolute Gasteiger partial charge is 0.491 e. The molecule has 1 N–H and O–H groups in total. The summed E-state index contributed by atoms with van der Waals surface area (Å²) in [6.45, 7) is 5.45. The van der Waals surface area contributed by atoms with E-state index in [1.165, 1.54) is 0 Å². The van der Waals surface area contributed by atoms with Crippen LogP contribution in [0.5, 0.6) is 5.75 Å². The van der Waals surface area contributed by atoms with Gasteiger partial charge in [0.1, 0.15) is 17.3 Å². The SMILES string of the molecule is CC(C)Oc1ccc(CNC(=O)c2cn3c(n2)CCCC3)cc1. The molecule has 1 amide bonds. The van der Waals surface area contributed by atoms with Crippen molar-refractivity contribution in [3.05, 3.63) is 47.5 Å². The molecule has 0 saturated heterocycles. The van der Waals surface area contributed by atoms with E-state index >= 15 is 0 Å². The molecule has 5 heteroatoms. The number of hydrogen-bond donors (Lipinski definition) is 1. The molecule has 2 heterocycles. The molecular weight excluding hydrogens is 290 g/mol. The minimum Gasteiger partial charge on any atom is -0.491 e. The van der Waals surface area contributed by atoms with Gasteiger partial charge in [0.05, 0.1) is 6.10 Å². The summed E-state index contributed by atoms with van der Waals surface area (Å²) < 4.78 is 7.70. The minimum atomic E-state index is -0.116. The van der Waals surface area contributed by atoms with E-state index in [0.717, 1.165) is 42.9 Å². The lowest BCUT2D eigenvalue weighted by molar-refractivity contribution is 0.0946. The van der Waals surface area contributed by atoms with Crippen LogP contribution in [0.1, 0.15) is 48.6 Å². The molecule has 0 atom stereocenters. The number of nitrogens with one attached hydrogen (secondary N) is 1.